The van der Waals surface area contributed by atoms with E-state index in [1.165, 1.54) is 31.2 Å². The van der Waals surface area contributed by atoms with Crippen LogP contribution in [-0.2, 0) is 19.4 Å². The first-order valence-corrected chi connectivity index (χ1v) is 10.2. The van der Waals surface area contributed by atoms with E-state index >= 15 is 0 Å². The molecule has 0 aliphatic carbocycles. The number of aromatic carboxylic acids is 1. The number of carboxylic acid groups (broad SMARTS) is 1. The highest BCUT2D eigenvalue weighted by molar-refractivity contribution is 7.10. The molecule has 1 aromatic carbocycles. The fraction of sp³-hybridized carbons (Fsp3) is 0.250. The van der Waals surface area contributed by atoms with Crippen LogP contribution in [0.3, 0.4) is 0 Å². The zero-order chi connectivity index (χ0) is 25.4. The van der Waals surface area contributed by atoms with Crippen molar-refractivity contribution < 1.29 is 45.8 Å². The number of alkyl halides is 6. The molecule has 2 N–H and O–H groups in total. The van der Waals surface area contributed by atoms with Gasteiger partial charge in [0.1, 0.15) is 16.2 Å². The van der Waals surface area contributed by atoms with E-state index in [-0.39, 0.29) is 16.9 Å². The maximum atomic E-state index is 13.6. The Bertz CT molecular complexity index is 1210. The van der Waals surface area contributed by atoms with Crippen LogP contribution in [0.4, 0.5) is 26.3 Å². The number of hydrogen-bond acceptors (Lipinski definition) is 5. The monoisotopic (exact) mass is 507 g/mol. The fourth-order valence-corrected chi connectivity index (χ4v) is 3.60. The highest BCUT2D eigenvalue weighted by atomic mass is 32.1. The molecule has 3 rings (SSSR count). The first kappa shape index (κ1) is 25.1. The number of carbonyl (C=O) groups excluding carboxylic acids is 1. The van der Waals surface area contributed by atoms with Gasteiger partial charge in [0.2, 0.25) is 5.88 Å². The van der Waals surface area contributed by atoms with Gasteiger partial charge in [0.15, 0.2) is 5.69 Å². The van der Waals surface area contributed by atoms with E-state index in [4.69, 9.17) is 9.84 Å². The van der Waals surface area contributed by atoms with E-state index in [0.717, 1.165) is 12.4 Å². The molecule has 0 spiro atoms. The van der Waals surface area contributed by atoms with Gasteiger partial charge in [0.25, 0.3) is 5.91 Å². The third-order valence-electron chi connectivity index (χ3n) is 4.56. The minimum atomic E-state index is -5.07. The number of ether oxygens (including phenoxy) is 1. The third kappa shape index (κ3) is 5.32. The second kappa shape index (κ2) is 9.00. The molecule has 0 radical (unpaired) electrons. The zero-order valence-electron chi connectivity index (χ0n) is 17.3. The van der Waals surface area contributed by atoms with Crippen LogP contribution < -0.4 is 10.1 Å². The molecule has 1 amide bonds. The molecule has 0 saturated carbocycles. The van der Waals surface area contributed by atoms with Crippen LogP contribution in [0.1, 0.15) is 49.8 Å². The number of carbonyl (C=O) groups is 2. The lowest BCUT2D eigenvalue weighted by Crippen LogP contribution is -2.28. The number of rotatable bonds is 6. The van der Waals surface area contributed by atoms with Crippen molar-refractivity contribution in [2.45, 2.75) is 25.3 Å². The SMILES string of the molecule is CC(NC(=O)c1c(C(F)(F)F)nn(C)c1Oc1csc(C(F)(F)F)c1)c1ccc(C(=O)O)cc1. The number of hydrogen-bond donors (Lipinski definition) is 2. The van der Waals surface area contributed by atoms with Crippen LogP contribution in [0.2, 0.25) is 0 Å². The summed E-state index contributed by atoms with van der Waals surface area (Å²) in [6, 6.07) is 5.01. The number of aromatic nitrogens is 2. The fourth-order valence-electron chi connectivity index (χ4n) is 2.93. The molecule has 2 aromatic heterocycles. The van der Waals surface area contributed by atoms with Crippen molar-refractivity contribution in [2.24, 2.45) is 7.05 Å². The van der Waals surface area contributed by atoms with Gasteiger partial charge < -0.3 is 15.2 Å². The summed E-state index contributed by atoms with van der Waals surface area (Å²) in [5.74, 6) is -3.54. The average molecular weight is 507 g/mol. The Labute approximate surface area is 191 Å². The van der Waals surface area contributed by atoms with Gasteiger partial charge in [0, 0.05) is 18.5 Å². The van der Waals surface area contributed by atoms with Crippen molar-refractivity contribution in [3.05, 3.63) is 63.0 Å². The molecular weight excluding hydrogens is 492 g/mol. The molecule has 1 unspecified atom stereocenters. The van der Waals surface area contributed by atoms with Gasteiger partial charge in [-0.05, 0) is 24.6 Å². The second-order valence-corrected chi connectivity index (χ2v) is 7.93. The number of nitrogens with one attached hydrogen (secondary N) is 1. The Morgan fingerprint density at radius 3 is 2.24 bits per heavy atom. The molecule has 7 nitrogen and oxygen atoms in total. The maximum Gasteiger partial charge on any atom is 0.436 e. The quantitative estimate of drug-likeness (QED) is 0.430. The van der Waals surface area contributed by atoms with E-state index < -0.39 is 58.0 Å². The molecule has 182 valence electrons. The van der Waals surface area contributed by atoms with Crippen LogP contribution in [0.5, 0.6) is 11.6 Å². The van der Waals surface area contributed by atoms with E-state index in [9.17, 15) is 35.9 Å². The van der Waals surface area contributed by atoms with E-state index in [2.05, 4.69) is 10.4 Å². The summed E-state index contributed by atoms with van der Waals surface area (Å²) in [5, 5.41) is 15.5. The van der Waals surface area contributed by atoms with Crippen molar-refractivity contribution in [3.8, 4) is 11.6 Å². The highest BCUT2D eigenvalue weighted by Gasteiger charge is 2.42. The highest BCUT2D eigenvalue weighted by Crippen LogP contribution is 2.40. The second-order valence-electron chi connectivity index (χ2n) is 7.02. The summed E-state index contributed by atoms with van der Waals surface area (Å²) in [5.41, 5.74) is -2.23. The summed E-state index contributed by atoms with van der Waals surface area (Å²) in [7, 11) is 1.05. The van der Waals surface area contributed by atoms with Crippen LogP contribution in [0.25, 0.3) is 0 Å². The molecule has 2 heterocycles. The lowest BCUT2D eigenvalue weighted by atomic mass is 10.1. The number of carboxylic acids is 1. The third-order valence-corrected chi connectivity index (χ3v) is 5.52. The largest absolute Gasteiger partial charge is 0.478 e. The molecule has 0 saturated heterocycles. The molecule has 1 atom stereocenters. The van der Waals surface area contributed by atoms with Gasteiger partial charge in [-0.2, -0.15) is 31.4 Å². The van der Waals surface area contributed by atoms with Crippen molar-refractivity contribution in [1.29, 1.82) is 0 Å². The topological polar surface area (TPSA) is 93.5 Å². The molecule has 0 aliphatic rings. The Hall–Kier alpha value is -3.55. The summed E-state index contributed by atoms with van der Waals surface area (Å²) in [4.78, 5) is 22.8. The number of amides is 1. The molecule has 34 heavy (non-hydrogen) atoms. The molecular formula is C20H15F6N3O4S. The van der Waals surface area contributed by atoms with Gasteiger partial charge >= 0.3 is 18.3 Å². The van der Waals surface area contributed by atoms with Gasteiger partial charge in [-0.15, -0.1) is 11.3 Å². The average Bonchev–Trinajstić information content (AvgIpc) is 3.33. The van der Waals surface area contributed by atoms with Crippen molar-refractivity contribution in [3.63, 3.8) is 0 Å². The zero-order valence-corrected chi connectivity index (χ0v) is 18.1. The van der Waals surface area contributed by atoms with Crippen LogP contribution in [-0.4, -0.2) is 26.8 Å². The summed E-state index contributed by atoms with van der Waals surface area (Å²) < 4.78 is 85.1. The summed E-state index contributed by atoms with van der Waals surface area (Å²) >= 11 is 0.275. The first-order valence-electron chi connectivity index (χ1n) is 9.30. The van der Waals surface area contributed by atoms with Crippen LogP contribution in [0.15, 0.2) is 35.7 Å². The maximum absolute atomic E-state index is 13.6. The molecule has 14 heteroatoms. The number of thiophene rings is 1. The van der Waals surface area contributed by atoms with Crippen molar-refractivity contribution in [2.75, 3.05) is 0 Å². The van der Waals surface area contributed by atoms with E-state index in [0.29, 0.717) is 16.3 Å². The molecule has 0 fully saturated rings. The Morgan fingerprint density at radius 1 is 1.12 bits per heavy atom. The Kier molecular flexibility index (Phi) is 6.64. The van der Waals surface area contributed by atoms with Crippen molar-refractivity contribution in [1.82, 2.24) is 15.1 Å². The smallest absolute Gasteiger partial charge is 0.436 e. The predicted octanol–water partition coefficient (Wildman–Crippen LogP) is 5.50. The number of halogens is 6. The van der Waals surface area contributed by atoms with Crippen LogP contribution in [0, 0.1) is 0 Å². The minimum Gasteiger partial charge on any atom is -0.478 e. The first-order chi connectivity index (χ1) is 15.7. The molecule has 0 bridgehead atoms. The van der Waals surface area contributed by atoms with Crippen molar-refractivity contribution >= 4 is 23.2 Å². The van der Waals surface area contributed by atoms with Gasteiger partial charge in [-0.25, -0.2) is 9.48 Å². The summed E-state index contributed by atoms with van der Waals surface area (Å²) in [6.07, 6.45) is -9.74. The normalized spacial score (nSPS) is 12.9. The van der Waals surface area contributed by atoms with Gasteiger partial charge in [0.05, 0.1) is 11.6 Å². The number of nitrogens with zero attached hydrogens (tertiary/aromatic N) is 2. The number of aryl methyl sites for hydroxylation is 1. The Morgan fingerprint density at radius 2 is 1.74 bits per heavy atom. The van der Waals surface area contributed by atoms with E-state index in [1.807, 2.05) is 0 Å². The Balaban J connectivity index is 1.94. The van der Waals surface area contributed by atoms with Gasteiger partial charge in [-0.1, -0.05) is 12.1 Å². The summed E-state index contributed by atoms with van der Waals surface area (Å²) in [6.45, 7) is 1.45. The minimum absolute atomic E-state index is 0.0291. The van der Waals surface area contributed by atoms with Gasteiger partial charge in [-0.3, -0.25) is 4.79 Å². The van der Waals surface area contributed by atoms with Crippen LogP contribution >= 0.6 is 11.3 Å². The van der Waals surface area contributed by atoms with E-state index in [1.54, 1.807) is 0 Å². The lowest BCUT2D eigenvalue weighted by molar-refractivity contribution is -0.141. The lowest BCUT2D eigenvalue weighted by Gasteiger charge is -2.16. The predicted molar refractivity (Wildman–Crippen MR) is 107 cm³/mol. The molecule has 3 aromatic rings. The number of benzene rings is 1. The standard InChI is InChI=1S/C20H15F6N3O4S/c1-9(10-3-5-11(6-4-10)18(31)32)27-16(30)14-15(20(24,25)26)28-29(2)17(14)33-12-7-13(34-8-12)19(21,22)23/h3-9H,1-2H3,(H,27,30)(H,31,32). The molecule has 0 aliphatic heterocycles.